The van der Waals surface area contributed by atoms with Crippen LogP contribution in [-0.4, -0.2) is 19.5 Å². The maximum atomic E-state index is 5.84. The third-order valence-electron chi connectivity index (χ3n) is 3.18. The van der Waals surface area contributed by atoms with E-state index in [-0.39, 0.29) is 0 Å². The fourth-order valence-electron chi connectivity index (χ4n) is 2.28. The molecular weight excluding hydrogens is 238 g/mol. The van der Waals surface area contributed by atoms with E-state index < -0.39 is 0 Å². The van der Waals surface area contributed by atoms with Crippen LogP contribution in [0.1, 0.15) is 18.4 Å². The number of rotatable bonds is 3. The van der Waals surface area contributed by atoms with Gasteiger partial charge in [0.1, 0.15) is 11.6 Å². The monoisotopic (exact) mass is 253 g/mol. The summed E-state index contributed by atoms with van der Waals surface area (Å²) in [5.41, 5.74) is 8.76. The summed E-state index contributed by atoms with van der Waals surface area (Å²) in [6.07, 6.45) is 3.86. The van der Waals surface area contributed by atoms with Gasteiger partial charge in [-0.15, -0.1) is 0 Å². The maximum absolute atomic E-state index is 5.84. The summed E-state index contributed by atoms with van der Waals surface area (Å²) in [7, 11) is 0. The molecule has 0 fully saturated rings. The highest BCUT2D eigenvalue weighted by molar-refractivity contribution is 5.76. The molecule has 2 aromatic heterocycles. The van der Waals surface area contributed by atoms with E-state index in [4.69, 9.17) is 5.73 Å². The van der Waals surface area contributed by atoms with Crippen molar-refractivity contribution in [3.05, 3.63) is 48.2 Å². The van der Waals surface area contributed by atoms with E-state index >= 15 is 0 Å². The van der Waals surface area contributed by atoms with E-state index in [1.54, 1.807) is 12.4 Å². The van der Waals surface area contributed by atoms with Crippen molar-refractivity contribution in [1.29, 1.82) is 0 Å². The molecule has 19 heavy (non-hydrogen) atoms. The van der Waals surface area contributed by atoms with E-state index in [0.717, 1.165) is 29.1 Å². The zero-order chi connectivity index (χ0) is 13.2. The second-order valence-electron chi connectivity index (χ2n) is 4.33. The number of nitrogens with zero attached hydrogens (tertiary/aromatic N) is 4. The van der Waals surface area contributed by atoms with E-state index in [1.165, 1.54) is 0 Å². The first-order valence-electron chi connectivity index (χ1n) is 6.29. The minimum atomic E-state index is 0.470. The summed E-state index contributed by atoms with van der Waals surface area (Å²) in [6.45, 7) is 2.98. The van der Waals surface area contributed by atoms with E-state index in [9.17, 15) is 0 Å². The normalized spacial score (nSPS) is 11.0. The first-order chi connectivity index (χ1) is 9.29. The number of nitrogens with two attached hydrogens (primary N) is 1. The Morgan fingerprint density at radius 3 is 2.74 bits per heavy atom. The number of imidazole rings is 1. The van der Waals surface area contributed by atoms with E-state index in [0.29, 0.717) is 12.2 Å². The van der Waals surface area contributed by atoms with Crippen LogP contribution in [0.3, 0.4) is 0 Å². The molecule has 96 valence electrons. The van der Waals surface area contributed by atoms with Gasteiger partial charge >= 0.3 is 0 Å². The van der Waals surface area contributed by atoms with Gasteiger partial charge in [-0.05, 0) is 19.1 Å². The molecule has 0 spiro atoms. The van der Waals surface area contributed by atoms with Crippen molar-refractivity contribution in [2.75, 3.05) is 5.73 Å². The van der Waals surface area contributed by atoms with E-state index in [1.807, 2.05) is 18.2 Å². The van der Waals surface area contributed by atoms with Crippen LogP contribution in [0.4, 0.5) is 5.82 Å². The molecule has 0 amide bonds. The zero-order valence-electron chi connectivity index (χ0n) is 10.7. The van der Waals surface area contributed by atoms with Crippen molar-refractivity contribution in [3.8, 4) is 0 Å². The van der Waals surface area contributed by atoms with Crippen molar-refractivity contribution >= 4 is 16.9 Å². The van der Waals surface area contributed by atoms with Gasteiger partial charge < -0.3 is 10.3 Å². The molecule has 2 heterocycles. The van der Waals surface area contributed by atoms with Crippen LogP contribution in [0.15, 0.2) is 36.7 Å². The van der Waals surface area contributed by atoms with Crippen molar-refractivity contribution in [3.63, 3.8) is 0 Å². The molecule has 2 N–H and O–H groups in total. The van der Waals surface area contributed by atoms with Gasteiger partial charge in [0.05, 0.1) is 23.1 Å². The summed E-state index contributed by atoms with van der Waals surface area (Å²) in [4.78, 5) is 13.0. The molecule has 0 bridgehead atoms. The SMILES string of the molecule is CCn1c(Cc2nccnc2N)nc2ccccc21. The van der Waals surface area contributed by atoms with Gasteiger partial charge in [-0.25, -0.2) is 9.97 Å². The number of fused-ring (bicyclic) bond motifs is 1. The highest BCUT2D eigenvalue weighted by Crippen LogP contribution is 2.18. The Morgan fingerprint density at radius 1 is 1.16 bits per heavy atom. The number of benzene rings is 1. The second kappa shape index (κ2) is 4.68. The van der Waals surface area contributed by atoms with Gasteiger partial charge in [-0.3, -0.25) is 4.98 Å². The Labute approximate surface area is 111 Å². The van der Waals surface area contributed by atoms with Crippen molar-refractivity contribution in [2.24, 2.45) is 0 Å². The maximum Gasteiger partial charge on any atom is 0.145 e. The van der Waals surface area contributed by atoms with Gasteiger partial charge in [-0.1, -0.05) is 12.1 Å². The molecule has 0 saturated carbocycles. The molecule has 0 aliphatic rings. The van der Waals surface area contributed by atoms with Gasteiger partial charge in [0.15, 0.2) is 0 Å². The molecule has 0 radical (unpaired) electrons. The quantitative estimate of drug-likeness (QED) is 0.775. The minimum absolute atomic E-state index is 0.470. The van der Waals surface area contributed by atoms with Crippen molar-refractivity contribution in [1.82, 2.24) is 19.5 Å². The third-order valence-corrected chi connectivity index (χ3v) is 3.18. The molecule has 1 aromatic carbocycles. The molecule has 5 nitrogen and oxygen atoms in total. The Hall–Kier alpha value is -2.43. The fourth-order valence-corrected chi connectivity index (χ4v) is 2.28. The minimum Gasteiger partial charge on any atom is -0.382 e. The predicted molar refractivity (Wildman–Crippen MR) is 74.7 cm³/mol. The lowest BCUT2D eigenvalue weighted by molar-refractivity contribution is 0.728. The van der Waals surface area contributed by atoms with Gasteiger partial charge in [0.25, 0.3) is 0 Å². The third kappa shape index (κ3) is 2.03. The number of para-hydroxylation sites is 2. The molecule has 3 aromatic rings. The Morgan fingerprint density at radius 2 is 1.95 bits per heavy atom. The second-order valence-corrected chi connectivity index (χ2v) is 4.33. The summed E-state index contributed by atoms with van der Waals surface area (Å²) < 4.78 is 2.18. The number of nitrogen functional groups attached to an aromatic ring is 1. The molecule has 0 aliphatic carbocycles. The number of aromatic nitrogens is 4. The van der Waals surface area contributed by atoms with Crippen LogP contribution in [0.2, 0.25) is 0 Å². The highest BCUT2D eigenvalue weighted by atomic mass is 15.1. The first-order valence-corrected chi connectivity index (χ1v) is 6.29. The van der Waals surface area contributed by atoms with Crippen molar-refractivity contribution < 1.29 is 0 Å². The van der Waals surface area contributed by atoms with Gasteiger partial charge in [0.2, 0.25) is 0 Å². The lowest BCUT2D eigenvalue weighted by atomic mass is 10.3. The topological polar surface area (TPSA) is 69.6 Å². The molecule has 0 unspecified atom stereocenters. The average molecular weight is 253 g/mol. The standard InChI is InChI=1S/C14H15N5/c1-2-19-12-6-4-3-5-10(12)18-13(19)9-11-14(15)17-8-7-16-11/h3-8H,2,9H2,1H3,(H2,15,17). The molecular formula is C14H15N5. The summed E-state index contributed by atoms with van der Waals surface area (Å²) in [6, 6.07) is 8.12. The van der Waals surface area contributed by atoms with Crippen LogP contribution in [0.5, 0.6) is 0 Å². The molecule has 0 saturated heterocycles. The Kier molecular flexibility index (Phi) is 2.87. The molecule has 0 aliphatic heterocycles. The van der Waals surface area contributed by atoms with Gasteiger partial charge in [0, 0.05) is 18.9 Å². The summed E-state index contributed by atoms with van der Waals surface area (Å²) >= 11 is 0. The zero-order valence-corrected chi connectivity index (χ0v) is 10.7. The van der Waals surface area contributed by atoms with Gasteiger partial charge in [-0.2, -0.15) is 0 Å². The smallest absolute Gasteiger partial charge is 0.145 e. The molecule has 3 rings (SSSR count). The number of aryl methyl sites for hydroxylation is 1. The lowest BCUT2D eigenvalue weighted by Gasteiger charge is -2.06. The number of hydrogen-bond donors (Lipinski definition) is 1. The van der Waals surface area contributed by atoms with Crippen LogP contribution >= 0.6 is 0 Å². The van der Waals surface area contributed by atoms with Crippen LogP contribution < -0.4 is 5.73 Å². The summed E-state index contributed by atoms with van der Waals surface area (Å²) in [5.74, 6) is 1.44. The lowest BCUT2D eigenvalue weighted by Crippen LogP contribution is -2.06. The largest absolute Gasteiger partial charge is 0.382 e. The Balaban J connectivity index is 2.08. The van der Waals surface area contributed by atoms with Crippen LogP contribution in [-0.2, 0) is 13.0 Å². The number of hydrogen-bond acceptors (Lipinski definition) is 4. The van der Waals surface area contributed by atoms with Crippen LogP contribution in [0, 0.1) is 0 Å². The first kappa shape index (κ1) is 11.6. The highest BCUT2D eigenvalue weighted by Gasteiger charge is 2.11. The molecule has 5 heteroatoms. The summed E-state index contributed by atoms with van der Waals surface area (Å²) in [5, 5.41) is 0. The average Bonchev–Trinajstić information content (AvgIpc) is 2.78. The fraction of sp³-hybridized carbons (Fsp3) is 0.214. The number of anilines is 1. The van der Waals surface area contributed by atoms with Crippen LogP contribution in [0.25, 0.3) is 11.0 Å². The predicted octanol–water partition coefficient (Wildman–Crippen LogP) is 2.02. The van der Waals surface area contributed by atoms with Crippen molar-refractivity contribution in [2.45, 2.75) is 19.9 Å². The van der Waals surface area contributed by atoms with E-state index in [2.05, 4.69) is 32.5 Å². The Bertz CT molecular complexity index is 717. The molecule has 0 atom stereocenters.